The van der Waals surface area contributed by atoms with Crippen molar-refractivity contribution in [2.45, 2.75) is 11.9 Å². The largest absolute Gasteiger partial charge is 0.441 e. The zero-order valence-corrected chi connectivity index (χ0v) is 10.1. The molecule has 0 heterocycles. The van der Waals surface area contributed by atoms with E-state index in [0.717, 1.165) is 0 Å². The van der Waals surface area contributed by atoms with Gasteiger partial charge in [0.15, 0.2) is 0 Å². The number of amides is 1. The van der Waals surface area contributed by atoms with E-state index in [1.165, 1.54) is 18.2 Å². The molecule has 0 aliphatic rings. The highest BCUT2D eigenvalue weighted by Crippen LogP contribution is 2.29. The molecule has 0 bridgehead atoms. The molecule has 1 rings (SSSR count). The van der Waals surface area contributed by atoms with Crippen molar-refractivity contribution in [2.24, 2.45) is 0 Å². The second-order valence-electron chi connectivity index (χ2n) is 3.45. The highest BCUT2D eigenvalue weighted by Gasteiger charge is 2.27. The van der Waals surface area contributed by atoms with Crippen LogP contribution in [-0.4, -0.2) is 23.7 Å². The van der Waals surface area contributed by atoms with E-state index in [4.69, 9.17) is 0 Å². The summed E-state index contributed by atoms with van der Waals surface area (Å²) in [4.78, 5) is 11.3. The van der Waals surface area contributed by atoms with Crippen LogP contribution in [0.3, 0.4) is 0 Å². The number of thioether (sulfide) groups is 1. The van der Waals surface area contributed by atoms with Crippen LogP contribution >= 0.6 is 11.8 Å². The minimum atomic E-state index is -4.28. The average Bonchev–Trinajstić information content (AvgIpc) is 2.23. The first-order chi connectivity index (χ1) is 8.37. The molecule has 0 aliphatic heterocycles. The lowest BCUT2D eigenvalue weighted by molar-refractivity contribution is -0.120. The van der Waals surface area contributed by atoms with Crippen LogP contribution in [0.1, 0.15) is 5.56 Å². The average molecular weight is 281 g/mol. The summed E-state index contributed by atoms with van der Waals surface area (Å²) in [6, 6.07) is 5.51. The molecule has 100 valence electrons. The van der Waals surface area contributed by atoms with E-state index in [-0.39, 0.29) is 30.5 Å². The van der Waals surface area contributed by atoms with Crippen LogP contribution in [0, 0.1) is 5.82 Å². The Morgan fingerprint density at radius 1 is 1.33 bits per heavy atom. The summed E-state index contributed by atoms with van der Waals surface area (Å²) < 4.78 is 48.1. The highest BCUT2D eigenvalue weighted by atomic mass is 32.2. The molecule has 0 atom stereocenters. The number of benzene rings is 1. The Bertz CT molecular complexity index is 408. The normalized spacial score (nSPS) is 11.3. The fourth-order valence-corrected chi connectivity index (χ4v) is 1.69. The molecular weight excluding hydrogens is 270 g/mol. The summed E-state index contributed by atoms with van der Waals surface area (Å²) in [5.41, 5.74) is -3.80. The van der Waals surface area contributed by atoms with Gasteiger partial charge in [-0.3, -0.25) is 4.79 Å². The summed E-state index contributed by atoms with van der Waals surface area (Å²) in [5.74, 6) is -1.12. The van der Waals surface area contributed by atoms with Gasteiger partial charge in [0.2, 0.25) is 5.91 Å². The van der Waals surface area contributed by atoms with Crippen LogP contribution < -0.4 is 5.32 Å². The highest BCUT2D eigenvalue weighted by molar-refractivity contribution is 8.00. The van der Waals surface area contributed by atoms with Gasteiger partial charge in [0.05, 0.1) is 6.42 Å². The van der Waals surface area contributed by atoms with E-state index in [0.29, 0.717) is 5.56 Å². The molecule has 0 fully saturated rings. The first kappa shape index (κ1) is 14.8. The molecule has 1 amide bonds. The third kappa shape index (κ3) is 6.48. The second-order valence-corrected chi connectivity index (χ2v) is 4.61. The van der Waals surface area contributed by atoms with E-state index in [2.05, 4.69) is 5.32 Å². The molecule has 2 nitrogen and oxygen atoms in total. The van der Waals surface area contributed by atoms with Gasteiger partial charge in [-0.1, -0.05) is 12.1 Å². The zero-order valence-electron chi connectivity index (χ0n) is 9.26. The lowest BCUT2D eigenvalue weighted by Gasteiger charge is -2.07. The van der Waals surface area contributed by atoms with Crippen molar-refractivity contribution in [2.75, 3.05) is 12.3 Å². The molecule has 1 aromatic rings. The Hall–Kier alpha value is -1.24. The molecule has 0 saturated carbocycles. The number of nitrogens with one attached hydrogen (secondary N) is 1. The molecule has 7 heteroatoms. The predicted molar refractivity (Wildman–Crippen MR) is 61.6 cm³/mol. The first-order valence-corrected chi connectivity index (χ1v) is 6.07. The van der Waals surface area contributed by atoms with E-state index in [1.54, 1.807) is 6.07 Å². The Morgan fingerprint density at radius 2 is 2.06 bits per heavy atom. The van der Waals surface area contributed by atoms with E-state index >= 15 is 0 Å². The number of hydrogen-bond acceptors (Lipinski definition) is 2. The van der Waals surface area contributed by atoms with Crippen LogP contribution in [0.2, 0.25) is 0 Å². The molecule has 0 radical (unpaired) electrons. The number of alkyl halides is 3. The fraction of sp³-hybridized carbons (Fsp3) is 0.364. The van der Waals surface area contributed by atoms with Crippen molar-refractivity contribution in [3.8, 4) is 0 Å². The minimum Gasteiger partial charge on any atom is -0.355 e. The van der Waals surface area contributed by atoms with E-state index in [9.17, 15) is 22.4 Å². The van der Waals surface area contributed by atoms with Gasteiger partial charge in [-0.05, 0) is 29.5 Å². The summed E-state index contributed by atoms with van der Waals surface area (Å²) in [6.45, 7) is -0.0711. The van der Waals surface area contributed by atoms with Gasteiger partial charge in [0, 0.05) is 12.3 Å². The van der Waals surface area contributed by atoms with E-state index < -0.39 is 17.2 Å². The first-order valence-electron chi connectivity index (χ1n) is 5.08. The molecule has 0 unspecified atom stereocenters. The maximum Gasteiger partial charge on any atom is 0.441 e. The van der Waals surface area contributed by atoms with Crippen LogP contribution in [0.15, 0.2) is 24.3 Å². The van der Waals surface area contributed by atoms with Gasteiger partial charge >= 0.3 is 5.51 Å². The number of carbonyl (C=O) groups excluding carboxylic acids is 1. The maximum atomic E-state index is 12.8. The number of hydrogen-bond donors (Lipinski definition) is 1. The predicted octanol–water partition coefficient (Wildman–Crippen LogP) is 2.74. The molecule has 0 aromatic heterocycles. The van der Waals surface area contributed by atoms with Crippen molar-refractivity contribution in [3.63, 3.8) is 0 Å². The maximum absolute atomic E-state index is 12.8. The topological polar surface area (TPSA) is 29.1 Å². The van der Waals surface area contributed by atoms with Gasteiger partial charge < -0.3 is 5.32 Å². The van der Waals surface area contributed by atoms with Gasteiger partial charge in [-0.15, -0.1) is 0 Å². The smallest absolute Gasteiger partial charge is 0.355 e. The lowest BCUT2D eigenvalue weighted by atomic mass is 10.1. The molecular formula is C11H11F4NOS. The van der Waals surface area contributed by atoms with Crippen molar-refractivity contribution >= 4 is 17.7 Å². The molecule has 1 aromatic carbocycles. The fourth-order valence-electron chi connectivity index (χ4n) is 1.25. The van der Waals surface area contributed by atoms with Crippen molar-refractivity contribution in [1.82, 2.24) is 5.32 Å². The molecule has 0 aliphatic carbocycles. The van der Waals surface area contributed by atoms with Crippen molar-refractivity contribution < 1.29 is 22.4 Å². The Labute approximate surface area is 106 Å². The summed E-state index contributed by atoms with van der Waals surface area (Å²) in [7, 11) is 0. The number of rotatable bonds is 5. The Balaban J connectivity index is 2.26. The lowest BCUT2D eigenvalue weighted by Crippen LogP contribution is -2.28. The molecule has 0 saturated heterocycles. The van der Waals surface area contributed by atoms with Gasteiger partial charge in [-0.2, -0.15) is 13.2 Å². The minimum absolute atomic E-state index is 0.0472. The second kappa shape index (κ2) is 6.63. The van der Waals surface area contributed by atoms with Crippen LogP contribution in [0.5, 0.6) is 0 Å². The van der Waals surface area contributed by atoms with Crippen LogP contribution in [-0.2, 0) is 11.2 Å². The van der Waals surface area contributed by atoms with E-state index in [1.807, 2.05) is 0 Å². The monoisotopic (exact) mass is 281 g/mol. The van der Waals surface area contributed by atoms with Gasteiger partial charge in [-0.25, -0.2) is 4.39 Å². The van der Waals surface area contributed by atoms with Gasteiger partial charge in [0.25, 0.3) is 0 Å². The summed E-state index contributed by atoms with van der Waals surface area (Å²) in [5, 5.41) is 2.34. The SMILES string of the molecule is O=C(Cc1cccc(F)c1)NCCSC(F)(F)F. The van der Waals surface area contributed by atoms with Crippen LogP contribution in [0.25, 0.3) is 0 Å². The zero-order chi connectivity index (χ0) is 13.6. The third-order valence-corrected chi connectivity index (χ3v) is 2.68. The Kier molecular flexibility index (Phi) is 5.46. The molecule has 0 spiro atoms. The standard InChI is InChI=1S/C11H11F4NOS/c12-9-3-1-2-8(6-9)7-10(17)16-4-5-18-11(13,14)15/h1-3,6H,4-5,7H2,(H,16,17). The number of halogens is 4. The molecule has 1 N–H and O–H groups in total. The third-order valence-electron chi connectivity index (χ3n) is 1.94. The summed E-state index contributed by atoms with van der Waals surface area (Å²) in [6.07, 6.45) is -0.0472. The van der Waals surface area contributed by atoms with Crippen LogP contribution in [0.4, 0.5) is 17.6 Å². The van der Waals surface area contributed by atoms with Crippen molar-refractivity contribution in [1.29, 1.82) is 0 Å². The van der Waals surface area contributed by atoms with Crippen molar-refractivity contribution in [3.05, 3.63) is 35.6 Å². The Morgan fingerprint density at radius 3 is 2.67 bits per heavy atom. The molecule has 18 heavy (non-hydrogen) atoms. The summed E-state index contributed by atoms with van der Waals surface area (Å²) >= 11 is -0.190. The van der Waals surface area contributed by atoms with Gasteiger partial charge in [0.1, 0.15) is 5.82 Å². The quantitative estimate of drug-likeness (QED) is 0.664. The number of carbonyl (C=O) groups is 1.